The summed E-state index contributed by atoms with van der Waals surface area (Å²) in [6, 6.07) is 12.7. The van der Waals surface area contributed by atoms with Gasteiger partial charge in [-0.2, -0.15) is 0 Å². The van der Waals surface area contributed by atoms with Crippen LogP contribution in [0.2, 0.25) is 0 Å². The molecule has 0 bridgehead atoms. The Bertz CT molecular complexity index is 1290. The van der Waals surface area contributed by atoms with Crippen LogP contribution < -0.4 is 10.9 Å². The lowest BCUT2D eigenvalue weighted by Gasteiger charge is -2.08. The maximum absolute atomic E-state index is 13.0. The van der Waals surface area contributed by atoms with Gasteiger partial charge < -0.3 is 14.9 Å². The number of hydrogen-bond donors (Lipinski definition) is 2. The smallest absolute Gasteiger partial charge is 0.258 e. The van der Waals surface area contributed by atoms with E-state index in [2.05, 4.69) is 25.5 Å². The monoisotopic (exact) mass is 438 g/mol. The number of thioether (sulfide) groups is 1. The van der Waals surface area contributed by atoms with Gasteiger partial charge in [-0.15, -0.1) is 10.2 Å². The molecule has 158 valence electrons. The van der Waals surface area contributed by atoms with Gasteiger partial charge in [0.15, 0.2) is 5.16 Å². The first kappa shape index (κ1) is 20.7. The summed E-state index contributed by atoms with van der Waals surface area (Å²) < 4.78 is 14.8. The molecule has 0 aliphatic heterocycles. The van der Waals surface area contributed by atoms with Crippen LogP contribution in [0.4, 0.5) is 10.1 Å². The first-order valence-electron chi connectivity index (χ1n) is 9.61. The third kappa shape index (κ3) is 4.80. The summed E-state index contributed by atoms with van der Waals surface area (Å²) in [5.41, 5.74) is 0.961. The van der Waals surface area contributed by atoms with E-state index in [1.807, 2.05) is 17.6 Å². The zero-order valence-corrected chi connectivity index (χ0v) is 17.4. The van der Waals surface area contributed by atoms with Crippen molar-refractivity contribution in [1.29, 1.82) is 0 Å². The Morgan fingerprint density at radius 2 is 1.94 bits per heavy atom. The Hall–Kier alpha value is -3.53. The minimum absolute atomic E-state index is 0.0316. The Balaban J connectivity index is 1.45. The van der Waals surface area contributed by atoms with Crippen molar-refractivity contribution in [2.75, 3.05) is 5.32 Å². The van der Waals surface area contributed by atoms with E-state index < -0.39 is 0 Å². The number of aromatic nitrogens is 5. The SMILES string of the molecule is CCn1c(CC(=O)Nc2ccc(F)cc2)nnc1SCc1nc2ccccc2c(=O)[nH]1. The van der Waals surface area contributed by atoms with E-state index in [9.17, 15) is 14.0 Å². The highest BCUT2D eigenvalue weighted by atomic mass is 32.2. The fourth-order valence-electron chi connectivity index (χ4n) is 3.09. The van der Waals surface area contributed by atoms with Crippen LogP contribution in [-0.2, 0) is 23.5 Å². The van der Waals surface area contributed by atoms with Crippen LogP contribution in [0.3, 0.4) is 0 Å². The lowest BCUT2D eigenvalue weighted by atomic mass is 10.2. The van der Waals surface area contributed by atoms with Crippen molar-refractivity contribution in [2.45, 2.75) is 30.8 Å². The number of anilines is 1. The highest BCUT2D eigenvalue weighted by Crippen LogP contribution is 2.21. The second-order valence-electron chi connectivity index (χ2n) is 6.69. The number of nitrogens with one attached hydrogen (secondary N) is 2. The minimum Gasteiger partial charge on any atom is -0.326 e. The van der Waals surface area contributed by atoms with Crippen molar-refractivity contribution < 1.29 is 9.18 Å². The highest BCUT2D eigenvalue weighted by Gasteiger charge is 2.16. The molecule has 10 heteroatoms. The second kappa shape index (κ2) is 9.09. The molecule has 0 saturated heterocycles. The molecular weight excluding hydrogens is 419 g/mol. The van der Waals surface area contributed by atoms with Crippen LogP contribution in [0.25, 0.3) is 10.9 Å². The third-order valence-electron chi connectivity index (χ3n) is 4.56. The van der Waals surface area contributed by atoms with Gasteiger partial charge in [0, 0.05) is 12.2 Å². The van der Waals surface area contributed by atoms with Crippen LogP contribution in [0.15, 0.2) is 58.5 Å². The summed E-state index contributed by atoms with van der Waals surface area (Å²) in [7, 11) is 0. The summed E-state index contributed by atoms with van der Waals surface area (Å²) in [6.07, 6.45) is 0.0316. The lowest BCUT2D eigenvalue weighted by Crippen LogP contribution is -2.17. The number of H-pyrrole nitrogens is 1. The predicted octanol–water partition coefficient (Wildman–Crippen LogP) is 3.15. The van der Waals surface area contributed by atoms with E-state index >= 15 is 0 Å². The van der Waals surface area contributed by atoms with Crippen LogP contribution >= 0.6 is 11.8 Å². The van der Waals surface area contributed by atoms with Crippen LogP contribution in [0, 0.1) is 5.82 Å². The molecule has 0 aliphatic carbocycles. The van der Waals surface area contributed by atoms with Crippen LogP contribution in [-0.4, -0.2) is 30.6 Å². The molecule has 4 aromatic rings. The minimum atomic E-state index is -0.368. The highest BCUT2D eigenvalue weighted by molar-refractivity contribution is 7.98. The number of aromatic amines is 1. The van der Waals surface area contributed by atoms with Crippen LogP contribution in [0.5, 0.6) is 0 Å². The fourth-order valence-corrected chi connectivity index (χ4v) is 3.98. The number of amides is 1. The summed E-state index contributed by atoms with van der Waals surface area (Å²) >= 11 is 1.38. The van der Waals surface area contributed by atoms with Gasteiger partial charge in [-0.25, -0.2) is 9.37 Å². The molecule has 0 radical (unpaired) electrons. The molecule has 31 heavy (non-hydrogen) atoms. The molecule has 0 spiro atoms. The zero-order chi connectivity index (χ0) is 21.8. The predicted molar refractivity (Wildman–Crippen MR) is 116 cm³/mol. The number of fused-ring (bicyclic) bond motifs is 1. The first-order chi connectivity index (χ1) is 15.0. The van der Waals surface area contributed by atoms with E-state index in [1.54, 1.807) is 18.2 Å². The Kier molecular flexibility index (Phi) is 6.08. The number of carbonyl (C=O) groups is 1. The van der Waals surface area contributed by atoms with Gasteiger partial charge in [0.05, 0.1) is 23.1 Å². The fraction of sp³-hybridized carbons (Fsp3) is 0.190. The summed E-state index contributed by atoms with van der Waals surface area (Å²) in [5.74, 6) is 0.818. The molecule has 2 heterocycles. The lowest BCUT2D eigenvalue weighted by molar-refractivity contribution is -0.115. The number of halogens is 1. The van der Waals surface area contributed by atoms with Crippen LogP contribution in [0.1, 0.15) is 18.6 Å². The van der Waals surface area contributed by atoms with E-state index in [-0.39, 0.29) is 23.7 Å². The summed E-state index contributed by atoms with van der Waals surface area (Å²) in [5, 5.41) is 12.2. The molecule has 2 aromatic heterocycles. The first-order valence-corrected chi connectivity index (χ1v) is 10.6. The van der Waals surface area contributed by atoms with Crippen molar-refractivity contribution >= 4 is 34.3 Å². The van der Waals surface area contributed by atoms with Crippen molar-refractivity contribution in [3.05, 3.63) is 76.4 Å². The number of hydrogen-bond acceptors (Lipinski definition) is 6. The standard InChI is InChI=1S/C21H19FN6O2S/c1-2-28-18(11-19(29)23-14-9-7-13(22)8-10-14)26-27-21(28)31-12-17-24-16-6-4-3-5-15(16)20(30)25-17/h3-10H,2,11-12H2,1H3,(H,23,29)(H,24,25,30). The van der Waals surface area contributed by atoms with Gasteiger partial charge in [0.1, 0.15) is 17.5 Å². The van der Waals surface area contributed by atoms with E-state index in [0.717, 1.165) is 0 Å². The molecule has 2 aromatic carbocycles. The van der Waals surface area contributed by atoms with Crippen molar-refractivity contribution in [1.82, 2.24) is 24.7 Å². The second-order valence-corrected chi connectivity index (χ2v) is 7.64. The van der Waals surface area contributed by atoms with Gasteiger partial charge in [-0.1, -0.05) is 23.9 Å². The number of para-hydroxylation sites is 1. The van der Waals surface area contributed by atoms with Gasteiger partial charge in [0.25, 0.3) is 5.56 Å². The molecule has 1 amide bonds. The molecular formula is C21H19FN6O2S. The molecule has 0 saturated carbocycles. The summed E-state index contributed by atoms with van der Waals surface area (Å²) in [4.78, 5) is 31.9. The zero-order valence-electron chi connectivity index (χ0n) is 16.6. The third-order valence-corrected chi connectivity index (χ3v) is 5.53. The van der Waals surface area contributed by atoms with E-state index in [0.29, 0.717) is 45.7 Å². The maximum Gasteiger partial charge on any atom is 0.258 e. The van der Waals surface area contributed by atoms with Gasteiger partial charge >= 0.3 is 0 Å². The number of nitrogens with zero attached hydrogens (tertiary/aromatic N) is 4. The topological polar surface area (TPSA) is 106 Å². The van der Waals surface area contributed by atoms with Gasteiger partial charge in [-0.05, 0) is 43.3 Å². The quantitative estimate of drug-likeness (QED) is 0.430. The molecule has 2 N–H and O–H groups in total. The largest absolute Gasteiger partial charge is 0.326 e. The van der Waals surface area contributed by atoms with E-state index in [1.165, 1.54) is 36.0 Å². The molecule has 0 atom stereocenters. The van der Waals surface area contributed by atoms with Crippen molar-refractivity contribution in [3.8, 4) is 0 Å². The van der Waals surface area contributed by atoms with Gasteiger partial charge in [-0.3, -0.25) is 9.59 Å². The Labute approximate surface area is 180 Å². The number of carbonyl (C=O) groups excluding carboxylic acids is 1. The van der Waals surface area contributed by atoms with E-state index in [4.69, 9.17) is 0 Å². The maximum atomic E-state index is 13.0. The average Bonchev–Trinajstić information content (AvgIpc) is 3.15. The normalized spacial score (nSPS) is 11.0. The van der Waals surface area contributed by atoms with Crippen molar-refractivity contribution in [2.24, 2.45) is 0 Å². The average molecular weight is 438 g/mol. The number of benzene rings is 2. The molecule has 4 rings (SSSR count). The van der Waals surface area contributed by atoms with Gasteiger partial charge in [0.2, 0.25) is 5.91 Å². The molecule has 8 nitrogen and oxygen atoms in total. The Morgan fingerprint density at radius 3 is 2.71 bits per heavy atom. The molecule has 0 fully saturated rings. The summed E-state index contributed by atoms with van der Waals surface area (Å²) in [6.45, 7) is 2.51. The number of rotatable bonds is 7. The molecule has 0 unspecified atom stereocenters. The Morgan fingerprint density at radius 1 is 1.16 bits per heavy atom. The molecule has 0 aliphatic rings. The van der Waals surface area contributed by atoms with Crippen molar-refractivity contribution in [3.63, 3.8) is 0 Å².